The van der Waals surface area contributed by atoms with Gasteiger partial charge in [-0.3, -0.25) is 14.5 Å². The van der Waals surface area contributed by atoms with Crippen LogP contribution >= 0.6 is 23.4 Å². The molecule has 1 heterocycles. The Morgan fingerprint density at radius 3 is 2.85 bits per heavy atom. The van der Waals surface area contributed by atoms with E-state index in [-0.39, 0.29) is 18.2 Å². The van der Waals surface area contributed by atoms with Crippen molar-refractivity contribution in [2.45, 2.75) is 51.2 Å². The number of amidine groups is 1. The molecule has 1 fully saturated rings. The van der Waals surface area contributed by atoms with Crippen LogP contribution in [0.2, 0.25) is 5.02 Å². The molecule has 1 aliphatic heterocycles. The van der Waals surface area contributed by atoms with E-state index in [0.717, 1.165) is 24.1 Å². The first kappa shape index (κ1) is 20.8. The number of hydrogen-bond acceptors (Lipinski definition) is 4. The zero-order valence-corrected chi connectivity index (χ0v) is 17.1. The molecular formula is C19H26ClN3O2S. The molecule has 2 amide bonds. The van der Waals surface area contributed by atoms with Crippen LogP contribution in [0.25, 0.3) is 0 Å². The van der Waals surface area contributed by atoms with Gasteiger partial charge >= 0.3 is 0 Å². The molecule has 0 bridgehead atoms. The second-order valence-corrected chi connectivity index (χ2v) is 7.97. The molecule has 1 aromatic rings. The Bertz CT molecular complexity index is 693. The summed E-state index contributed by atoms with van der Waals surface area (Å²) < 4.78 is 0. The van der Waals surface area contributed by atoms with Crippen LogP contribution in [0.4, 0.5) is 5.69 Å². The first-order chi connectivity index (χ1) is 12.4. The zero-order chi connectivity index (χ0) is 19.1. The van der Waals surface area contributed by atoms with Crippen molar-refractivity contribution in [2.75, 3.05) is 13.6 Å². The summed E-state index contributed by atoms with van der Waals surface area (Å²) in [4.78, 5) is 30.6. The van der Waals surface area contributed by atoms with Crippen LogP contribution in [0.3, 0.4) is 0 Å². The van der Waals surface area contributed by atoms with Crippen molar-refractivity contribution in [3.8, 4) is 0 Å². The predicted molar refractivity (Wildman–Crippen MR) is 109 cm³/mol. The number of nitrogens with one attached hydrogen (secondary N) is 1. The number of rotatable bonds is 8. The number of carbonyl (C=O) groups is 2. The maximum atomic E-state index is 12.4. The van der Waals surface area contributed by atoms with Crippen LogP contribution in [-0.4, -0.2) is 40.7 Å². The number of hydrogen-bond donors (Lipinski definition) is 1. The van der Waals surface area contributed by atoms with Gasteiger partial charge in [-0.2, -0.15) is 0 Å². The summed E-state index contributed by atoms with van der Waals surface area (Å²) in [5.74, 6) is -0.171. The highest BCUT2D eigenvalue weighted by molar-refractivity contribution is 8.15. The van der Waals surface area contributed by atoms with Crippen molar-refractivity contribution >= 4 is 46.0 Å². The minimum Gasteiger partial charge on any atom is -0.356 e. The lowest BCUT2D eigenvalue weighted by Crippen LogP contribution is -2.32. The molecule has 1 aliphatic rings. The third-order valence-electron chi connectivity index (χ3n) is 4.32. The average Bonchev–Trinajstić information content (AvgIpc) is 2.87. The van der Waals surface area contributed by atoms with Gasteiger partial charge < -0.3 is 5.32 Å². The van der Waals surface area contributed by atoms with E-state index in [1.54, 1.807) is 7.05 Å². The highest BCUT2D eigenvalue weighted by Crippen LogP contribution is 2.32. The quantitative estimate of drug-likeness (QED) is 0.667. The summed E-state index contributed by atoms with van der Waals surface area (Å²) in [5.41, 5.74) is 1.61. The molecule has 0 spiro atoms. The fourth-order valence-corrected chi connectivity index (χ4v) is 3.95. The third-order valence-corrected chi connectivity index (χ3v) is 5.96. The maximum Gasteiger partial charge on any atom is 0.242 e. The molecule has 7 heteroatoms. The average molecular weight is 396 g/mol. The van der Waals surface area contributed by atoms with Crippen LogP contribution in [0.5, 0.6) is 0 Å². The molecule has 0 aliphatic carbocycles. The van der Waals surface area contributed by atoms with Gasteiger partial charge in [-0.15, -0.1) is 0 Å². The van der Waals surface area contributed by atoms with E-state index in [4.69, 9.17) is 11.6 Å². The summed E-state index contributed by atoms with van der Waals surface area (Å²) in [5, 5.41) is 3.72. The van der Waals surface area contributed by atoms with Gasteiger partial charge in [0, 0.05) is 25.0 Å². The number of amides is 2. The molecule has 1 unspecified atom stereocenters. The van der Waals surface area contributed by atoms with E-state index < -0.39 is 5.25 Å². The van der Waals surface area contributed by atoms with Crippen molar-refractivity contribution in [3.05, 3.63) is 28.8 Å². The van der Waals surface area contributed by atoms with E-state index >= 15 is 0 Å². The van der Waals surface area contributed by atoms with Crippen LogP contribution in [-0.2, 0) is 9.59 Å². The van der Waals surface area contributed by atoms with Gasteiger partial charge in [-0.1, -0.05) is 55.6 Å². The number of nitrogens with zero attached hydrogens (tertiary/aromatic N) is 2. The van der Waals surface area contributed by atoms with Gasteiger partial charge in [0.05, 0.1) is 5.69 Å². The Labute approximate surface area is 164 Å². The lowest BCUT2D eigenvalue weighted by molar-refractivity contribution is -0.128. The Kier molecular flexibility index (Phi) is 7.97. The smallest absolute Gasteiger partial charge is 0.242 e. The molecule has 0 radical (unpaired) electrons. The molecule has 1 atom stereocenters. The van der Waals surface area contributed by atoms with E-state index in [2.05, 4.69) is 17.2 Å². The van der Waals surface area contributed by atoms with Crippen LogP contribution < -0.4 is 5.32 Å². The van der Waals surface area contributed by atoms with Crippen LogP contribution in [0, 0.1) is 6.92 Å². The van der Waals surface area contributed by atoms with Crippen LogP contribution in [0.1, 0.15) is 44.6 Å². The van der Waals surface area contributed by atoms with Gasteiger partial charge in [0.25, 0.3) is 0 Å². The fraction of sp³-hybridized carbons (Fsp3) is 0.526. The van der Waals surface area contributed by atoms with Gasteiger partial charge in [0.1, 0.15) is 5.25 Å². The lowest BCUT2D eigenvalue weighted by Gasteiger charge is -2.10. The SMILES string of the molecule is CCCCCCNC(=O)CC1SC(=Nc2cccc(Cl)c2C)N(C)C1=O. The Hall–Kier alpha value is -1.53. The summed E-state index contributed by atoms with van der Waals surface area (Å²) in [6.45, 7) is 4.72. The van der Waals surface area contributed by atoms with Crippen molar-refractivity contribution in [1.29, 1.82) is 0 Å². The molecule has 1 aromatic carbocycles. The Balaban J connectivity index is 1.94. The highest BCUT2D eigenvalue weighted by Gasteiger charge is 2.36. The standard InChI is InChI=1S/C19H26ClN3O2S/c1-4-5-6-7-11-21-17(24)12-16-18(25)23(3)19(26-16)22-15-10-8-9-14(20)13(15)2/h8-10,16H,4-7,11-12H2,1-3H3,(H,21,24). The monoisotopic (exact) mass is 395 g/mol. The van der Waals surface area contributed by atoms with Crippen molar-refractivity contribution in [2.24, 2.45) is 4.99 Å². The number of aliphatic imine (C=N–C) groups is 1. The third kappa shape index (κ3) is 5.48. The van der Waals surface area contributed by atoms with Gasteiger partial charge in [-0.05, 0) is 31.0 Å². The molecule has 26 heavy (non-hydrogen) atoms. The number of thioether (sulfide) groups is 1. The number of benzene rings is 1. The molecule has 0 saturated carbocycles. The van der Waals surface area contributed by atoms with Crippen molar-refractivity contribution in [1.82, 2.24) is 10.2 Å². The predicted octanol–water partition coefficient (Wildman–Crippen LogP) is 4.30. The van der Waals surface area contributed by atoms with Gasteiger partial charge in [0.2, 0.25) is 11.8 Å². The largest absolute Gasteiger partial charge is 0.356 e. The number of carbonyl (C=O) groups excluding carboxylic acids is 2. The minimum atomic E-state index is -0.422. The van der Waals surface area contributed by atoms with E-state index in [1.807, 2.05) is 25.1 Å². The number of unbranched alkanes of at least 4 members (excludes halogenated alkanes) is 3. The Morgan fingerprint density at radius 1 is 1.35 bits per heavy atom. The molecule has 5 nitrogen and oxygen atoms in total. The zero-order valence-electron chi connectivity index (χ0n) is 15.5. The van der Waals surface area contributed by atoms with E-state index in [0.29, 0.717) is 16.7 Å². The second kappa shape index (κ2) is 9.97. The minimum absolute atomic E-state index is 0.0825. The molecule has 1 saturated heterocycles. The number of halogens is 1. The summed E-state index contributed by atoms with van der Waals surface area (Å²) in [6.07, 6.45) is 4.62. The first-order valence-electron chi connectivity index (χ1n) is 8.98. The second-order valence-electron chi connectivity index (χ2n) is 6.40. The maximum absolute atomic E-state index is 12.4. The molecule has 1 N–H and O–H groups in total. The molecule has 142 valence electrons. The summed E-state index contributed by atoms with van der Waals surface area (Å²) in [6, 6.07) is 5.51. The summed E-state index contributed by atoms with van der Waals surface area (Å²) in [7, 11) is 1.69. The van der Waals surface area contributed by atoms with Crippen molar-refractivity contribution < 1.29 is 9.59 Å². The highest BCUT2D eigenvalue weighted by atomic mass is 35.5. The first-order valence-corrected chi connectivity index (χ1v) is 10.2. The molecule has 0 aromatic heterocycles. The van der Waals surface area contributed by atoms with Crippen LogP contribution in [0.15, 0.2) is 23.2 Å². The summed E-state index contributed by atoms with van der Waals surface area (Å²) >= 11 is 7.47. The topological polar surface area (TPSA) is 61.8 Å². The Morgan fingerprint density at radius 2 is 2.12 bits per heavy atom. The van der Waals surface area contributed by atoms with E-state index in [9.17, 15) is 9.59 Å². The van der Waals surface area contributed by atoms with Gasteiger partial charge in [-0.25, -0.2) is 4.99 Å². The van der Waals surface area contributed by atoms with Crippen molar-refractivity contribution in [3.63, 3.8) is 0 Å². The normalized spacial score (nSPS) is 18.6. The molecule has 2 rings (SSSR count). The molecular weight excluding hydrogens is 370 g/mol. The lowest BCUT2D eigenvalue weighted by atomic mass is 10.2. The fourth-order valence-electron chi connectivity index (χ4n) is 2.64. The van der Waals surface area contributed by atoms with E-state index in [1.165, 1.54) is 29.5 Å². The van der Waals surface area contributed by atoms with Gasteiger partial charge in [0.15, 0.2) is 5.17 Å².